The Morgan fingerprint density at radius 3 is 2.62 bits per heavy atom. The number of aliphatic hydroxyl groups is 1. The molecule has 4 atom stereocenters. The Balaban J connectivity index is 1.43. The monoisotopic (exact) mass is 409 g/mol. The van der Waals surface area contributed by atoms with Crippen molar-refractivity contribution >= 4 is 0 Å². The lowest BCUT2D eigenvalue weighted by Gasteiger charge is -2.26. The Labute approximate surface area is 165 Å². The minimum Gasteiger partial charge on any atom is -0.405 e. The molecule has 1 aromatic heterocycles. The molecule has 5 rings (SSSR count). The Kier molecular flexibility index (Phi) is 4.58. The highest BCUT2D eigenvalue weighted by atomic mass is 19.4. The highest BCUT2D eigenvalue weighted by Gasteiger charge is 2.46. The molecule has 5 nitrogen and oxygen atoms in total. The quantitative estimate of drug-likeness (QED) is 0.743. The molecule has 1 aromatic carbocycles. The predicted molar refractivity (Wildman–Crippen MR) is 96.0 cm³/mol. The second kappa shape index (κ2) is 7.02. The van der Waals surface area contributed by atoms with Gasteiger partial charge in [0.15, 0.2) is 0 Å². The number of rotatable bonds is 6. The van der Waals surface area contributed by atoms with Crippen molar-refractivity contribution in [3.63, 3.8) is 0 Å². The van der Waals surface area contributed by atoms with Crippen molar-refractivity contribution in [3.05, 3.63) is 35.6 Å². The fourth-order valence-corrected chi connectivity index (χ4v) is 4.85. The van der Waals surface area contributed by atoms with Gasteiger partial charge in [0, 0.05) is 23.0 Å². The van der Waals surface area contributed by atoms with Crippen molar-refractivity contribution in [2.75, 3.05) is 0 Å². The lowest BCUT2D eigenvalue weighted by Crippen LogP contribution is -2.30. The molecular weight excluding hydrogens is 387 g/mol. The van der Waals surface area contributed by atoms with Crippen LogP contribution in [0.3, 0.4) is 0 Å². The van der Waals surface area contributed by atoms with Gasteiger partial charge in [-0.05, 0) is 50.2 Å². The zero-order chi connectivity index (χ0) is 20.2. The average Bonchev–Trinajstić information content (AvgIpc) is 3.14. The van der Waals surface area contributed by atoms with Crippen LogP contribution >= 0.6 is 0 Å². The number of para-hydroxylation sites is 1. The summed E-state index contributed by atoms with van der Waals surface area (Å²) in [6, 6.07) is 5.94. The van der Waals surface area contributed by atoms with Crippen LogP contribution < -0.4 is 4.74 Å². The van der Waals surface area contributed by atoms with E-state index in [0.29, 0.717) is 22.9 Å². The summed E-state index contributed by atoms with van der Waals surface area (Å²) in [5.74, 6) is 1.23. The van der Waals surface area contributed by atoms with Gasteiger partial charge in [-0.25, -0.2) is 0 Å². The normalized spacial score (nSPS) is 28.8. The first kappa shape index (κ1) is 18.9. The summed E-state index contributed by atoms with van der Waals surface area (Å²) < 4.78 is 54.4. The van der Waals surface area contributed by atoms with Crippen LogP contribution in [0.2, 0.25) is 0 Å². The van der Waals surface area contributed by atoms with E-state index in [1.165, 1.54) is 12.1 Å². The molecule has 8 heteroatoms. The third-order valence-corrected chi connectivity index (χ3v) is 6.29. The van der Waals surface area contributed by atoms with Crippen molar-refractivity contribution in [2.45, 2.75) is 63.2 Å². The number of halogens is 3. The van der Waals surface area contributed by atoms with Gasteiger partial charge in [0.25, 0.3) is 0 Å². The Hall–Kier alpha value is -2.06. The number of alkyl halides is 3. The highest BCUT2D eigenvalue weighted by molar-refractivity contribution is 5.70. The number of nitrogens with zero attached hydrogens (tertiary/aromatic N) is 1. The molecule has 2 aromatic rings. The van der Waals surface area contributed by atoms with Gasteiger partial charge in [-0.1, -0.05) is 17.3 Å². The third-order valence-electron chi connectivity index (χ3n) is 6.29. The van der Waals surface area contributed by atoms with Gasteiger partial charge < -0.3 is 19.1 Å². The van der Waals surface area contributed by atoms with Crippen LogP contribution in [-0.2, 0) is 11.3 Å². The number of ether oxygens (including phenoxy) is 2. The van der Waals surface area contributed by atoms with Crippen molar-refractivity contribution in [3.8, 4) is 17.0 Å². The summed E-state index contributed by atoms with van der Waals surface area (Å²) in [4.78, 5) is 0. The zero-order valence-corrected chi connectivity index (χ0v) is 15.7. The second-order valence-electron chi connectivity index (χ2n) is 8.35. The standard InChI is InChI=1S/C21H22F3NO4/c22-21(23,24)28-17-4-2-1-3-13(17)19-15(20(29-25-19)12-5-6-12)10-27-18-9-11-7-14(18)16(26)8-11/h1-4,11-12,14,16,18,26H,5-10H2. The Morgan fingerprint density at radius 2 is 1.93 bits per heavy atom. The fraction of sp³-hybridized carbons (Fsp3) is 0.571. The molecule has 0 radical (unpaired) electrons. The van der Waals surface area contributed by atoms with Crippen molar-refractivity contribution < 1.29 is 32.3 Å². The molecule has 4 unspecified atom stereocenters. The number of aromatic nitrogens is 1. The number of fused-ring (bicyclic) bond motifs is 2. The van der Waals surface area contributed by atoms with E-state index in [4.69, 9.17) is 9.26 Å². The van der Waals surface area contributed by atoms with Gasteiger partial charge in [-0.15, -0.1) is 13.2 Å². The molecule has 0 spiro atoms. The van der Waals surface area contributed by atoms with Crippen LogP contribution in [0.15, 0.2) is 28.8 Å². The Morgan fingerprint density at radius 1 is 1.14 bits per heavy atom. The van der Waals surface area contributed by atoms with Gasteiger partial charge in [0.2, 0.25) is 0 Å². The van der Waals surface area contributed by atoms with Crippen LogP contribution in [0.1, 0.15) is 49.3 Å². The van der Waals surface area contributed by atoms with Crippen molar-refractivity contribution in [1.82, 2.24) is 5.16 Å². The van der Waals surface area contributed by atoms with E-state index in [-0.39, 0.29) is 42.0 Å². The minimum atomic E-state index is -4.80. The summed E-state index contributed by atoms with van der Waals surface area (Å²) in [7, 11) is 0. The molecule has 1 N–H and O–H groups in total. The number of aliphatic hydroxyl groups excluding tert-OH is 1. The van der Waals surface area contributed by atoms with Crippen LogP contribution in [0.25, 0.3) is 11.3 Å². The molecule has 0 aliphatic heterocycles. The summed E-state index contributed by atoms with van der Waals surface area (Å²) in [5.41, 5.74) is 1.24. The summed E-state index contributed by atoms with van der Waals surface area (Å²) in [5, 5.41) is 14.2. The molecule has 1 heterocycles. The van der Waals surface area contributed by atoms with Crippen LogP contribution in [-0.4, -0.2) is 28.8 Å². The van der Waals surface area contributed by atoms with Gasteiger partial charge >= 0.3 is 6.36 Å². The molecular formula is C21H22F3NO4. The van der Waals surface area contributed by atoms with E-state index in [9.17, 15) is 18.3 Å². The molecule has 0 amide bonds. The van der Waals surface area contributed by atoms with Gasteiger partial charge in [0.1, 0.15) is 17.2 Å². The maximum Gasteiger partial charge on any atom is 0.573 e. The Bertz CT molecular complexity index is 892. The third kappa shape index (κ3) is 3.75. The van der Waals surface area contributed by atoms with Crippen LogP contribution in [0.4, 0.5) is 13.2 Å². The molecule has 2 bridgehead atoms. The predicted octanol–water partition coefficient (Wildman–Crippen LogP) is 4.79. The average molecular weight is 409 g/mol. The van der Waals surface area contributed by atoms with Gasteiger partial charge in [-0.2, -0.15) is 0 Å². The van der Waals surface area contributed by atoms with Gasteiger partial charge in [0.05, 0.1) is 18.8 Å². The highest BCUT2D eigenvalue weighted by Crippen LogP contribution is 2.48. The van der Waals surface area contributed by atoms with E-state index < -0.39 is 6.36 Å². The maximum atomic E-state index is 12.8. The first-order valence-electron chi connectivity index (χ1n) is 10.0. The van der Waals surface area contributed by atoms with E-state index in [1.54, 1.807) is 12.1 Å². The largest absolute Gasteiger partial charge is 0.573 e. The first-order chi connectivity index (χ1) is 13.9. The maximum absolute atomic E-state index is 12.8. The molecule has 0 saturated heterocycles. The van der Waals surface area contributed by atoms with Crippen molar-refractivity contribution in [2.24, 2.45) is 11.8 Å². The molecule has 3 aliphatic rings. The van der Waals surface area contributed by atoms with E-state index >= 15 is 0 Å². The van der Waals surface area contributed by atoms with E-state index in [2.05, 4.69) is 9.89 Å². The van der Waals surface area contributed by atoms with E-state index in [1.807, 2.05) is 0 Å². The van der Waals surface area contributed by atoms with Crippen LogP contribution in [0.5, 0.6) is 5.75 Å². The molecule has 3 saturated carbocycles. The number of benzene rings is 1. The molecule has 29 heavy (non-hydrogen) atoms. The van der Waals surface area contributed by atoms with E-state index in [0.717, 1.165) is 32.1 Å². The fourth-order valence-electron chi connectivity index (χ4n) is 4.85. The van der Waals surface area contributed by atoms with Gasteiger partial charge in [-0.3, -0.25) is 0 Å². The smallest absolute Gasteiger partial charge is 0.405 e. The number of hydrogen-bond acceptors (Lipinski definition) is 5. The number of hydrogen-bond donors (Lipinski definition) is 1. The van der Waals surface area contributed by atoms with Crippen LogP contribution in [0, 0.1) is 11.8 Å². The minimum absolute atomic E-state index is 0.0415. The first-order valence-corrected chi connectivity index (χ1v) is 10.0. The van der Waals surface area contributed by atoms with Crippen molar-refractivity contribution in [1.29, 1.82) is 0 Å². The summed E-state index contributed by atoms with van der Waals surface area (Å²) in [6.45, 7) is 0.200. The summed E-state index contributed by atoms with van der Waals surface area (Å²) >= 11 is 0. The lowest BCUT2D eigenvalue weighted by molar-refractivity contribution is -0.274. The molecule has 3 fully saturated rings. The SMILES string of the molecule is OC1CC2CC(OCc3c(-c4ccccc4OC(F)(F)F)noc3C3CC3)C1C2. The summed E-state index contributed by atoms with van der Waals surface area (Å²) in [6.07, 6.45) is -0.517. The molecule has 3 aliphatic carbocycles. The lowest BCUT2D eigenvalue weighted by atomic mass is 9.95. The zero-order valence-electron chi connectivity index (χ0n) is 15.7. The topological polar surface area (TPSA) is 64.7 Å². The molecule has 156 valence electrons. The second-order valence-corrected chi connectivity index (χ2v) is 8.35.